The van der Waals surface area contributed by atoms with Gasteiger partial charge in [-0.1, -0.05) is 29.9 Å². The Labute approximate surface area is 107 Å². The van der Waals surface area contributed by atoms with Gasteiger partial charge in [0.15, 0.2) is 5.01 Å². The average Bonchev–Trinajstić information content (AvgIpc) is 2.87. The van der Waals surface area contributed by atoms with Crippen molar-refractivity contribution < 1.29 is 0 Å². The van der Waals surface area contributed by atoms with E-state index in [1.807, 2.05) is 12.1 Å². The molecule has 0 radical (unpaired) electrons. The van der Waals surface area contributed by atoms with Gasteiger partial charge >= 0.3 is 0 Å². The zero-order valence-electron chi connectivity index (χ0n) is 8.86. The number of hydrogen-bond donors (Lipinski definition) is 1. The monoisotopic (exact) mass is 273 g/mol. The Balaban J connectivity index is 2.02. The number of halogens is 1. The van der Waals surface area contributed by atoms with Gasteiger partial charge in [-0.15, -0.1) is 21.5 Å². The molecular formula is C10H12ClN3S2. The van der Waals surface area contributed by atoms with Crippen LogP contribution in [-0.4, -0.2) is 23.3 Å². The molecule has 0 saturated carbocycles. The first-order chi connectivity index (χ1) is 7.79. The van der Waals surface area contributed by atoms with Crippen molar-refractivity contribution in [3.05, 3.63) is 21.5 Å². The summed E-state index contributed by atoms with van der Waals surface area (Å²) >= 11 is 9.06. The van der Waals surface area contributed by atoms with Crippen molar-refractivity contribution >= 4 is 34.3 Å². The van der Waals surface area contributed by atoms with Crippen molar-refractivity contribution in [3.63, 3.8) is 0 Å². The standard InChI is InChI=1S/C10H12ClN3S2/c1-2-12-6-5-9-13-14-10(16-9)7-3-4-8(11)15-7/h3-4,12H,2,5-6H2,1H3. The zero-order valence-corrected chi connectivity index (χ0v) is 11.3. The summed E-state index contributed by atoms with van der Waals surface area (Å²) < 4.78 is 0.791. The molecule has 0 fully saturated rings. The Hall–Kier alpha value is -0.490. The second kappa shape index (κ2) is 5.72. The van der Waals surface area contributed by atoms with Crippen molar-refractivity contribution in [2.75, 3.05) is 13.1 Å². The second-order valence-corrected chi connectivity index (χ2v) is 5.99. The van der Waals surface area contributed by atoms with E-state index in [0.29, 0.717) is 0 Å². The molecular weight excluding hydrogens is 262 g/mol. The predicted molar refractivity (Wildman–Crippen MR) is 70.5 cm³/mol. The first kappa shape index (κ1) is 12.0. The van der Waals surface area contributed by atoms with Crippen LogP contribution in [-0.2, 0) is 6.42 Å². The lowest BCUT2D eigenvalue weighted by Gasteiger charge is -1.95. The van der Waals surface area contributed by atoms with Crippen LogP contribution in [0.25, 0.3) is 9.88 Å². The molecule has 0 aliphatic carbocycles. The fourth-order valence-corrected chi connectivity index (χ4v) is 3.19. The predicted octanol–water partition coefficient (Wildman–Crippen LogP) is 3.07. The lowest BCUT2D eigenvalue weighted by Crippen LogP contribution is -2.15. The van der Waals surface area contributed by atoms with Gasteiger partial charge in [-0.3, -0.25) is 0 Å². The number of rotatable bonds is 5. The smallest absolute Gasteiger partial charge is 0.157 e. The molecule has 0 aromatic carbocycles. The van der Waals surface area contributed by atoms with Gasteiger partial charge in [0.25, 0.3) is 0 Å². The van der Waals surface area contributed by atoms with E-state index in [2.05, 4.69) is 22.4 Å². The van der Waals surface area contributed by atoms with E-state index in [-0.39, 0.29) is 0 Å². The van der Waals surface area contributed by atoms with Crippen LogP contribution >= 0.6 is 34.3 Å². The van der Waals surface area contributed by atoms with Crippen molar-refractivity contribution in [3.8, 4) is 9.88 Å². The highest BCUT2D eigenvalue weighted by Crippen LogP contribution is 2.32. The van der Waals surface area contributed by atoms with Gasteiger partial charge in [-0.25, -0.2) is 0 Å². The lowest BCUT2D eigenvalue weighted by molar-refractivity contribution is 0.710. The molecule has 0 spiro atoms. The van der Waals surface area contributed by atoms with E-state index < -0.39 is 0 Å². The Bertz CT molecular complexity index is 452. The molecule has 3 nitrogen and oxygen atoms in total. The van der Waals surface area contributed by atoms with Crippen LogP contribution in [0.3, 0.4) is 0 Å². The third-order valence-corrected chi connectivity index (χ3v) is 4.40. The molecule has 16 heavy (non-hydrogen) atoms. The van der Waals surface area contributed by atoms with Gasteiger partial charge in [0.05, 0.1) is 9.21 Å². The van der Waals surface area contributed by atoms with Crippen LogP contribution in [0.15, 0.2) is 12.1 Å². The summed E-state index contributed by atoms with van der Waals surface area (Å²) in [7, 11) is 0. The summed E-state index contributed by atoms with van der Waals surface area (Å²) in [6.07, 6.45) is 0.935. The molecule has 0 bridgehead atoms. The summed E-state index contributed by atoms with van der Waals surface area (Å²) in [5.41, 5.74) is 0. The van der Waals surface area contributed by atoms with Crippen molar-refractivity contribution in [1.82, 2.24) is 15.5 Å². The fraction of sp³-hybridized carbons (Fsp3) is 0.400. The fourth-order valence-electron chi connectivity index (χ4n) is 1.26. The quantitative estimate of drug-likeness (QED) is 0.851. The molecule has 6 heteroatoms. The van der Waals surface area contributed by atoms with E-state index in [0.717, 1.165) is 38.7 Å². The maximum atomic E-state index is 5.88. The molecule has 0 amide bonds. The molecule has 0 atom stereocenters. The lowest BCUT2D eigenvalue weighted by atomic mass is 10.4. The maximum Gasteiger partial charge on any atom is 0.157 e. The Morgan fingerprint density at radius 3 is 2.88 bits per heavy atom. The van der Waals surface area contributed by atoms with Gasteiger partial charge in [0.2, 0.25) is 0 Å². The van der Waals surface area contributed by atoms with Gasteiger partial charge in [-0.05, 0) is 18.7 Å². The topological polar surface area (TPSA) is 37.8 Å². The van der Waals surface area contributed by atoms with Gasteiger partial charge < -0.3 is 5.32 Å². The van der Waals surface area contributed by atoms with Crippen LogP contribution in [0, 0.1) is 0 Å². The molecule has 0 aliphatic rings. The molecule has 2 rings (SSSR count). The van der Waals surface area contributed by atoms with Crippen molar-refractivity contribution in [2.45, 2.75) is 13.3 Å². The highest BCUT2D eigenvalue weighted by molar-refractivity contribution is 7.23. The highest BCUT2D eigenvalue weighted by Gasteiger charge is 2.08. The molecule has 2 aromatic rings. The van der Waals surface area contributed by atoms with Crippen LogP contribution in [0.5, 0.6) is 0 Å². The van der Waals surface area contributed by atoms with Crippen molar-refractivity contribution in [2.24, 2.45) is 0 Å². The third kappa shape index (κ3) is 3.01. The molecule has 2 aromatic heterocycles. The first-order valence-electron chi connectivity index (χ1n) is 5.08. The minimum absolute atomic E-state index is 0.791. The minimum atomic E-state index is 0.791. The molecule has 2 heterocycles. The number of thiophene rings is 1. The van der Waals surface area contributed by atoms with E-state index >= 15 is 0 Å². The maximum absolute atomic E-state index is 5.88. The molecule has 1 N–H and O–H groups in total. The summed E-state index contributed by atoms with van der Waals surface area (Å²) in [6.45, 7) is 4.04. The number of nitrogens with zero attached hydrogens (tertiary/aromatic N) is 2. The average molecular weight is 274 g/mol. The summed E-state index contributed by atoms with van der Waals surface area (Å²) in [6, 6.07) is 3.88. The van der Waals surface area contributed by atoms with Gasteiger partial charge in [0, 0.05) is 13.0 Å². The second-order valence-electron chi connectivity index (χ2n) is 3.21. The number of nitrogens with one attached hydrogen (secondary N) is 1. The highest BCUT2D eigenvalue weighted by atomic mass is 35.5. The number of hydrogen-bond acceptors (Lipinski definition) is 5. The molecule has 86 valence electrons. The first-order valence-corrected chi connectivity index (χ1v) is 7.09. The largest absolute Gasteiger partial charge is 0.317 e. The molecule has 0 unspecified atom stereocenters. The van der Waals surface area contributed by atoms with Gasteiger partial charge in [-0.2, -0.15) is 0 Å². The van der Waals surface area contributed by atoms with Crippen LogP contribution in [0.4, 0.5) is 0 Å². The Morgan fingerprint density at radius 1 is 1.31 bits per heavy atom. The summed E-state index contributed by atoms with van der Waals surface area (Å²) in [5.74, 6) is 0. The molecule has 0 saturated heterocycles. The minimum Gasteiger partial charge on any atom is -0.317 e. The summed E-state index contributed by atoms with van der Waals surface area (Å²) in [5, 5.41) is 13.6. The van der Waals surface area contributed by atoms with E-state index in [1.54, 1.807) is 22.7 Å². The number of likely N-dealkylation sites (N-methyl/N-ethyl adjacent to an activating group) is 1. The van der Waals surface area contributed by atoms with E-state index in [4.69, 9.17) is 11.6 Å². The van der Waals surface area contributed by atoms with Crippen LogP contribution < -0.4 is 5.32 Å². The van der Waals surface area contributed by atoms with Crippen molar-refractivity contribution in [1.29, 1.82) is 0 Å². The zero-order chi connectivity index (χ0) is 11.4. The van der Waals surface area contributed by atoms with E-state index in [9.17, 15) is 0 Å². The van der Waals surface area contributed by atoms with Crippen LogP contribution in [0.1, 0.15) is 11.9 Å². The Kier molecular flexibility index (Phi) is 4.29. The third-order valence-electron chi connectivity index (χ3n) is 2.02. The SMILES string of the molecule is CCNCCc1nnc(-c2ccc(Cl)s2)s1. The number of aromatic nitrogens is 2. The normalized spacial score (nSPS) is 10.9. The molecule has 0 aliphatic heterocycles. The van der Waals surface area contributed by atoms with Gasteiger partial charge in [0.1, 0.15) is 5.01 Å². The Morgan fingerprint density at radius 2 is 2.19 bits per heavy atom. The van der Waals surface area contributed by atoms with E-state index in [1.165, 1.54) is 0 Å². The summed E-state index contributed by atoms with van der Waals surface area (Å²) in [4.78, 5) is 1.09. The van der Waals surface area contributed by atoms with Crippen LogP contribution in [0.2, 0.25) is 4.34 Å².